The van der Waals surface area contributed by atoms with E-state index in [0.717, 1.165) is 5.57 Å². The third-order valence-corrected chi connectivity index (χ3v) is 1.35. The van der Waals surface area contributed by atoms with E-state index in [4.69, 9.17) is 10.5 Å². The van der Waals surface area contributed by atoms with Crippen LogP contribution in [0.4, 0.5) is 0 Å². The van der Waals surface area contributed by atoms with Gasteiger partial charge in [0.05, 0.1) is 0 Å². The molecule has 1 atom stereocenters. The van der Waals surface area contributed by atoms with Crippen LogP contribution in [-0.2, 0) is 9.53 Å². The lowest BCUT2D eigenvalue weighted by Gasteiger charge is -2.08. The monoisotopic (exact) mass is 237 g/mol. The molecule has 0 radical (unpaired) electrons. The summed E-state index contributed by atoms with van der Waals surface area (Å²) in [6.45, 7) is 7.06. The van der Waals surface area contributed by atoms with Gasteiger partial charge in [-0.05, 0) is 27.7 Å². The fraction of sp³-hybridized carbons (Fsp3) is 0.625. The van der Waals surface area contributed by atoms with Gasteiger partial charge in [-0.3, -0.25) is 5.73 Å². The van der Waals surface area contributed by atoms with E-state index in [9.17, 15) is 4.79 Å². The maximum atomic E-state index is 11.0. The van der Waals surface area contributed by atoms with E-state index in [1.807, 2.05) is 13.8 Å². The lowest BCUT2D eigenvalue weighted by molar-refractivity contribution is -0.143. The quantitative estimate of drug-likeness (QED) is 0.453. The van der Waals surface area contributed by atoms with Crippen molar-refractivity contribution >= 4 is 23.0 Å². The van der Waals surface area contributed by atoms with Crippen LogP contribution < -0.4 is 5.73 Å². The molecule has 0 amide bonds. The topological polar surface area (TPSA) is 52.3 Å². The lowest BCUT2D eigenvalue weighted by atomic mass is 10.2. The molecule has 0 aliphatic carbocycles. The number of hydrogen-bond donors (Lipinski definition) is 1. The molecule has 0 aliphatic heterocycles. The number of esters is 1. The molecule has 0 saturated carbocycles. The van der Waals surface area contributed by atoms with Crippen LogP contribution in [0, 0.1) is 0 Å². The van der Waals surface area contributed by atoms with E-state index in [-0.39, 0.29) is 23.0 Å². The Labute approximate surface area is 83.7 Å². The van der Waals surface area contributed by atoms with E-state index in [1.54, 1.807) is 13.8 Å². The van der Waals surface area contributed by atoms with Crippen LogP contribution in [0.1, 0.15) is 27.7 Å². The Morgan fingerprint density at radius 1 is 1.33 bits per heavy atom. The molecule has 0 bridgehead atoms. The Morgan fingerprint density at radius 2 is 1.75 bits per heavy atom. The number of nitrogens with two attached hydrogens (primary N) is 1. The molecular weight excluding hydrogens is 222 g/mol. The second-order valence-corrected chi connectivity index (χ2v) is 2.74. The molecule has 0 fully saturated rings. The Kier molecular flexibility index (Phi) is 7.33. The van der Waals surface area contributed by atoms with Crippen LogP contribution >= 0.6 is 17.0 Å². The van der Waals surface area contributed by atoms with Gasteiger partial charge in [-0.1, -0.05) is 5.57 Å². The van der Waals surface area contributed by atoms with Gasteiger partial charge in [0.15, 0.2) is 0 Å². The van der Waals surface area contributed by atoms with Gasteiger partial charge < -0.3 is 4.74 Å². The molecule has 1 unspecified atom stereocenters. The second kappa shape index (κ2) is 6.20. The van der Waals surface area contributed by atoms with Crippen LogP contribution in [0.15, 0.2) is 11.1 Å². The summed E-state index contributed by atoms with van der Waals surface area (Å²) >= 11 is 0. The van der Waals surface area contributed by atoms with Crippen molar-refractivity contribution in [2.45, 2.75) is 33.9 Å². The molecule has 0 aromatic rings. The smallest absolute Gasteiger partial charge is 0.335 e. The Bertz CT molecular complexity index is 183. The Morgan fingerprint density at radius 3 is 2.00 bits per heavy atom. The normalized spacial score (nSPS) is 11.1. The van der Waals surface area contributed by atoms with Gasteiger partial charge in [-0.15, -0.1) is 17.0 Å². The van der Waals surface area contributed by atoms with Crippen molar-refractivity contribution in [2.24, 2.45) is 5.73 Å². The number of hydrogen-bond acceptors (Lipinski definition) is 3. The van der Waals surface area contributed by atoms with E-state index in [2.05, 4.69) is 0 Å². The second-order valence-electron chi connectivity index (χ2n) is 2.74. The maximum absolute atomic E-state index is 11.0. The lowest BCUT2D eigenvalue weighted by Crippen LogP contribution is -2.23. The first-order valence-corrected chi connectivity index (χ1v) is 3.55. The number of allylic oxidation sites excluding steroid dienone is 1. The summed E-state index contributed by atoms with van der Waals surface area (Å²) in [4.78, 5) is 11.0. The fourth-order valence-corrected chi connectivity index (χ4v) is 0.461. The molecule has 12 heavy (non-hydrogen) atoms. The first kappa shape index (κ1) is 14.2. The molecule has 0 rings (SSSR count). The summed E-state index contributed by atoms with van der Waals surface area (Å²) in [5.74, 6) is -0.333. The van der Waals surface area contributed by atoms with Crippen molar-refractivity contribution in [3.63, 3.8) is 0 Å². The van der Waals surface area contributed by atoms with Crippen molar-refractivity contribution in [2.75, 3.05) is 0 Å². The first-order valence-electron chi connectivity index (χ1n) is 3.55. The molecule has 0 saturated heterocycles. The van der Waals surface area contributed by atoms with Gasteiger partial charge in [-0.25, -0.2) is 4.79 Å². The van der Waals surface area contributed by atoms with Gasteiger partial charge in [0.25, 0.3) is 0 Å². The van der Waals surface area contributed by atoms with E-state index in [0.29, 0.717) is 5.57 Å². The van der Waals surface area contributed by atoms with Crippen LogP contribution in [0.3, 0.4) is 0 Å². The highest BCUT2D eigenvalue weighted by Crippen LogP contribution is 2.04. The Balaban J connectivity index is 0. The summed E-state index contributed by atoms with van der Waals surface area (Å²) in [5.41, 5.74) is 6.85. The van der Waals surface area contributed by atoms with Gasteiger partial charge >= 0.3 is 5.97 Å². The molecular formula is C8H16BrNO2. The van der Waals surface area contributed by atoms with Crippen molar-refractivity contribution in [3.8, 4) is 0 Å². The van der Waals surface area contributed by atoms with E-state index in [1.165, 1.54) is 0 Å². The summed E-state index contributed by atoms with van der Waals surface area (Å²) in [5, 5.41) is 0. The minimum absolute atomic E-state index is 0. The van der Waals surface area contributed by atoms with Gasteiger partial charge in [0.2, 0.25) is 0 Å². The van der Waals surface area contributed by atoms with Crippen molar-refractivity contribution in [3.05, 3.63) is 11.1 Å². The molecule has 0 heterocycles. The van der Waals surface area contributed by atoms with Gasteiger partial charge in [0, 0.05) is 5.57 Å². The molecule has 4 heteroatoms. The zero-order valence-electron chi connectivity index (χ0n) is 7.88. The summed E-state index contributed by atoms with van der Waals surface area (Å²) in [6.07, 6.45) is -0.531. The number of halogens is 1. The minimum Gasteiger partial charge on any atom is -0.444 e. The zero-order valence-corrected chi connectivity index (χ0v) is 9.59. The largest absolute Gasteiger partial charge is 0.444 e. The Hall–Kier alpha value is -0.350. The number of carbonyl (C=O) groups excluding carboxylic acids is 1. The SMILES string of the molecule is Br.CC(C)=C(C)C(=O)OC(C)N. The van der Waals surface area contributed by atoms with Crippen molar-refractivity contribution in [1.29, 1.82) is 0 Å². The van der Waals surface area contributed by atoms with Crippen LogP contribution in [0.2, 0.25) is 0 Å². The molecule has 0 aliphatic rings. The standard InChI is InChI=1S/C8H15NO2.BrH/c1-5(2)6(3)8(10)11-7(4)9;/h7H,9H2,1-4H3;1H. The number of ether oxygens (including phenoxy) is 1. The highest BCUT2D eigenvalue weighted by molar-refractivity contribution is 8.93. The molecule has 3 nitrogen and oxygen atoms in total. The van der Waals surface area contributed by atoms with Crippen molar-refractivity contribution in [1.82, 2.24) is 0 Å². The summed E-state index contributed by atoms with van der Waals surface area (Å²) in [6, 6.07) is 0. The zero-order chi connectivity index (χ0) is 9.02. The molecule has 0 aromatic heterocycles. The average Bonchev–Trinajstić information content (AvgIpc) is 1.84. The van der Waals surface area contributed by atoms with Crippen molar-refractivity contribution < 1.29 is 9.53 Å². The predicted octanol–water partition coefficient (Wildman–Crippen LogP) is 1.77. The molecule has 2 N–H and O–H groups in total. The number of carbonyl (C=O) groups is 1. The van der Waals surface area contributed by atoms with Gasteiger partial charge in [0.1, 0.15) is 6.23 Å². The van der Waals surface area contributed by atoms with E-state index >= 15 is 0 Å². The number of rotatable bonds is 2. The summed E-state index contributed by atoms with van der Waals surface area (Å²) in [7, 11) is 0. The predicted molar refractivity (Wildman–Crippen MR) is 54.1 cm³/mol. The fourth-order valence-electron chi connectivity index (χ4n) is 0.461. The summed E-state index contributed by atoms with van der Waals surface area (Å²) < 4.78 is 4.75. The third-order valence-electron chi connectivity index (χ3n) is 1.35. The minimum atomic E-state index is -0.531. The molecule has 0 aromatic carbocycles. The average molecular weight is 238 g/mol. The van der Waals surface area contributed by atoms with E-state index < -0.39 is 6.23 Å². The molecule has 72 valence electrons. The third kappa shape index (κ3) is 5.32. The first-order chi connectivity index (χ1) is 4.95. The van der Waals surface area contributed by atoms with Crippen LogP contribution in [0.5, 0.6) is 0 Å². The highest BCUT2D eigenvalue weighted by atomic mass is 79.9. The van der Waals surface area contributed by atoms with Crippen LogP contribution in [-0.4, -0.2) is 12.2 Å². The maximum Gasteiger partial charge on any atom is 0.335 e. The van der Waals surface area contributed by atoms with Crippen LogP contribution in [0.25, 0.3) is 0 Å². The molecule has 0 spiro atoms. The van der Waals surface area contributed by atoms with Gasteiger partial charge in [-0.2, -0.15) is 0 Å². The highest BCUT2D eigenvalue weighted by Gasteiger charge is 2.08.